The molecule has 0 bridgehead atoms. The van der Waals surface area contributed by atoms with Crippen molar-refractivity contribution < 1.29 is 9.90 Å². The van der Waals surface area contributed by atoms with Crippen LogP contribution in [0.2, 0.25) is 0 Å². The van der Waals surface area contributed by atoms with Gasteiger partial charge in [-0.15, -0.1) is 0 Å². The number of fused-ring (bicyclic) bond motifs is 1. The number of carbonyl (C=O) groups excluding carboxylic acids is 1. The van der Waals surface area contributed by atoms with E-state index in [1.807, 2.05) is 41.3 Å². The maximum Gasteiger partial charge on any atom is 0.227 e. The zero-order valence-electron chi connectivity index (χ0n) is 19.8. The topological polar surface area (TPSA) is 80.5 Å². The number of nitrogens with zero attached hydrogens (tertiary/aromatic N) is 4. The van der Waals surface area contributed by atoms with E-state index >= 15 is 0 Å². The molecule has 35 heavy (non-hydrogen) atoms. The van der Waals surface area contributed by atoms with E-state index in [-0.39, 0.29) is 30.5 Å². The molecule has 6 nitrogen and oxygen atoms in total. The van der Waals surface area contributed by atoms with Crippen LogP contribution in [0.25, 0.3) is 11.1 Å². The van der Waals surface area contributed by atoms with E-state index in [1.165, 1.54) is 5.56 Å². The van der Waals surface area contributed by atoms with Crippen molar-refractivity contribution in [1.29, 1.82) is 5.26 Å². The first-order valence-electron chi connectivity index (χ1n) is 12.3. The Labute approximate surface area is 206 Å². The van der Waals surface area contributed by atoms with E-state index < -0.39 is 0 Å². The van der Waals surface area contributed by atoms with Crippen LogP contribution in [0.3, 0.4) is 0 Å². The van der Waals surface area contributed by atoms with Crippen molar-refractivity contribution >= 4 is 5.91 Å². The number of aliphatic hydroxyl groups excluding tert-OH is 1. The molecule has 2 saturated heterocycles. The minimum Gasteiger partial charge on any atom is -0.395 e. The first-order chi connectivity index (χ1) is 17.2. The van der Waals surface area contributed by atoms with Gasteiger partial charge in [-0.1, -0.05) is 36.4 Å². The second-order valence-corrected chi connectivity index (χ2v) is 9.47. The van der Waals surface area contributed by atoms with Crippen molar-refractivity contribution in [2.45, 2.75) is 37.3 Å². The highest BCUT2D eigenvalue weighted by Crippen LogP contribution is 2.42. The lowest BCUT2D eigenvalue weighted by Gasteiger charge is -2.57. The molecule has 6 heteroatoms. The van der Waals surface area contributed by atoms with Crippen LogP contribution >= 0.6 is 0 Å². The van der Waals surface area contributed by atoms with Crippen LogP contribution in [-0.4, -0.2) is 64.1 Å². The fourth-order valence-electron chi connectivity index (χ4n) is 5.62. The van der Waals surface area contributed by atoms with Crippen molar-refractivity contribution in [3.8, 4) is 17.2 Å². The molecule has 2 aromatic carbocycles. The monoisotopic (exact) mass is 466 g/mol. The van der Waals surface area contributed by atoms with Crippen LogP contribution in [-0.2, 0) is 11.2 Å². The lowest BCUT2D eigenvalue weighted by Crippen LogP contribution is -2.68. The number of rotatable bonds is 5. The van der Waals surface area contributed by atoms with Gasteiger partial charge < -0.3 is 10.0 Å². The molecule has 0 saturated carbocycles. The molecule has 2 aliphatic rings. The van der Waals surface area contributed by atoms with Gasteiger partial charge in [0.2, 0.25) is 5.91 Å². The summed E-state index contributed by atoms with van der Waals surface area (Å²) in [5.74, 6) is 0.325. The highest BCUT2D eigenvalue weighted by molar-refractivity contribution is 5.78. The third-order valence-corrected chi connectivity index (χ3v) is 7.45. The molecule has 5 rings (SSSR count). The van der Waals surface area contributed by atoms with Gasteiger partial charge in [-0.05, 0) is 65.9 Å². The quantitative estimate of drug-likeness (QED) is 0.621. The molecule has 3 heterocycles. The van der Waals surface area contributed by atoms with Gasteiger partial charge in [0.1, 0.15) is 0 Å². The Kier molecular flexibility index (Phi) is 6.89. The third kappa shape index (κ3) is 4.84. The number of aliphatic hydroxyl groups is 1. The summed E-state index contributed by atoms with van der Waals surface area (Å²) in [6.07, 6.45) is 5.84. The number of benzene rings is 2. The smallest absolute Gasteiger partial charge is 0.227 e. The highest BCUT2D eigenvalue weighted by Gasteiger charge is 2.49. The second-order valence-electron chi connectivity index (χ2n) is 9.47. The molecule has 0 aliphatic carbocycles. The van der Waals surface area contributed by atoms with Gasteiger partial charge in [0.25, 0.3) is 0 Å². The zero-order chi connectivity index (χ0) is 24.2. The van der Waals surface area contributed by atoms with Crippen LogP contribution in [0.4, 0.5) is 0 Å². The number of amides is 1. The van der Waals surface area contributed by atoms with Crippen LogP contribution in [0.15, 0.2) is 73.1 Å². The van der Waals surface area contributed by atoms with Crippen molar-refractivity contribution in [3.63, 3.8) is 0 Å². The van der Waals surface area contributed by atoms with Gasteiger partial charge >= 0.3 is 0 Å². The molecule has 1 N–H and O–H groups in total. The van der Waals surface area contributed by atoms with Gasteiger partial charge in [0.05, 0.1) is 24.7 Å². The predicted molar refractivity (Wildman–Crippen MR) is 134 cm³/mol. The van der Waals surface area contributed by atoms with Crippen molar-refractivity contribution in [1.82, 2.24) is 14.8 Å². The van der Waals surface area contributed by atoms with Crippen LogP contribution in [0.5, 0.6) is 0 Å². The first kappa shape index (κ1) is 23.2. The molecule has 2 aliphatic heterocycles. The Morgan fingerprint density at radius 2 is 1.80 bits per heavy atom. The van der Waals surface area contributed by atoms with E-state index in [0.717, 1.165) is 42.6 Å². The van der Waals surface area contributed by atoms with Crippen LogP contribution < -0.4 is 0 Å². The molecule has 0 unspecified atom stereocenters. The largest absolute Gasteiger partial charge is 0.395 e. The lowest BCUT2D eigenvalue weighted by atomic mass is 9.74. The maximum absolute atomic E-state index is 13.2. The molecule has 1 aromatic heterocycles. The molecule has 3 atom stereocenters. The van der Waals surface area contributed by atoms with E-state index in [9.17, 15) is 15.2 Å². The molecule has 0 radical (unpaired) electrons. The predicted octanol–water partition coefficient (Wildman–Crippen LogP) is 3.61. The van der Waals surface area contributed by atoms with Crippen molar-refractivity contribution in [3.05, 3.63) is 89.7 Å². The Morgan fingerprint density at radius 1 is 1.03 bits per heavy atom. The molecular weight excluding hydrogens is 436 g/mol. The summed E-state index contributed by atoms with van der Waals surface area (Å²) in [4.78, 5) is 21.6. The fourth-order valence-corrected chi connectivity index (χ4v) is 5.62. The summed E-state index contributed by atoms with van der Waals surface area (Å²) in [6.45, 7) is 2.52. The summed E-state index contributed by atoms with van der Waals surface area (Å²) >= 11 is 0. The van der Waals surface area contributed by atoms with E-state index in [0.29, 0.717) is 18.5 Å². The van der Waals surface area contributed by atoms with E-state index in [4.69, 9.17) is 0 Å². The highest BCUT2D eigenvalue weighted by atomic mass is 16.3. The van der Waals surface area contributed by atoms with Gasteiger partial charge in [0.15, 0.2) is 0 Å². The second kappa shape index (κ2) is 10.4. The normalized spacial score (nSPS) is 22.3. The van der Waals surface area contributed by atoms with Gasteiger partial charge in [-0.2, -0.15) is 5.26 Å². The number of aromatic nitrogens is 1. The molecule has 0 spiro atoms. The summed E-state index contributed by atoms with van der Waals surface area (Å²) in [7, 11) is 0. The Hall–Kier alpha value is -3.53. The SMILES string of the molecule is N#Cc1cccc(-c2ccc([C@H]3[C@@H](CO)N4CCCCN(C(=O)Cc5ccncc5)C[C@@H]34)cc2)c1. The number of carbonyl (C=O) groups is 1. The molecule has 178 valence electrons. The summed E-state index contributed by atoms with van der Waals surface area (Å²) < 4.78 is 0. The number of pyridine rings is 1. The number of hydrogen-bond acceptors (Lipinski definition) is 5. The molecule has 3 aromatic rings. The minimum atomic E-state index is 0.0722. The van der Waals surface area contributed by atoms with Crippen LogP contribution in [0.1, 0.15) is 35.4 Å². The maximum atomic E-state index is 13.2. The van der Waals surface area contributed by atoms with Gasteiger partial charge in [-0.25, -0.2) is 0 Å². The first-order valence-corrected chi connectivity index (χ1v) is 12.3. The fraction of sp³-hybridized carbons (Fsp3) is 0.345. The Morgan fingerprint density at radius 3 is 2.54 bits per heavy atom. The van der Waals surface area contributed by atoms with Gasteiger partial charge in [0, 0.05) is 43.5 Å². The Bertz CT molecular complexity index is 1210. The van der Waals surface area contributed by atoms with Crippen molar-refractivity contribution in [2.75, 3.05) is 26.2 Å². The zero-order valence-corrected chi connectivity index (χ0v) is 19.8. The summed E-state index contributed by atoms with van der Waals surface area (Å²) in [5.41, 5.74) is 4.90. The Balaban J connectivity index is 1.35. The minimum absolute atomic E-state index is 0.0722. The average Bonchev–Trinajstić information content (AvgIpc) is 2.88. The standard InChI is InChI=1S/C29H30N4O2/c30-18-22-4-3-5-25(16-22)23-6-8-24(9-7-23)29-26-19-32(14-1-2-15-33(26)27(29)20-34)28(35)17-21-10-12-31-13-11-21/h3-13,16,26-27,29,34H,1-2,14-15,17,19-20H2/t26-,27+,29+/m0/s1. The average molecular weight is 467 g/mol. The van der Waals surface area contributed by atoms with Crippen molar-refractivity contribution in [2.24, 2.45) is 0 Å². The number of hydrogen-bond donors (Lipinski definition) is 1. The summed E-state index contributed by atoms with van der Waals surface area (Å²) in [6, 6.07) is 22.4. The molecular formula is C29H30N4O2. The molecule has 2 fully saturated rings. The lowest BCUT2D eigenvalue weighted by molar-refractivity contribution is -0.135. The third-order valence-electron chi connectivity index (χ3n) is 7.45. The van der Waals surface area contributed by atoms with Crippen LogP contribution in [0, 0.1) is 11.3 Å². The van der Waals surface area contributed by atoms with Gasteiger partial charge in [-0.3, -0.25) is 14.7 Å². The summed E-state index contributed by atoms with van der Waals surface area (Å²) in [5, 5.41) is 19.4. The molecule has 1 amide bonds. The van der Waals surface area contributed by atoms with E-state index in [2.05, 4.69) is 40.2 Å². The van der Waals surface area contributed by atoms with E-state index in [1.54, 1.807) is 12.4 Å². The number of nitriles is 1.